The molecule has 0 aromatic carbocycles. The third-order valence-electron chi connectivity index (χ3n) is 3.11. The summed E-state index contributed by atoms with van der Waals surface area (Å²) < 4.78 is 6.67. The van der Waals surface area contributed by atoms with Crippen LogP contribution in [0.5, 0.6) is 0 Å². The molecule has 2 aromatic heterocycles. The van der Waals surface area contributed by atoms with Crippen molar-refractivity contribution in [3.8, 4) is 0 Å². The summed E-state index contributed by atoms with van der Waals surface area (Å²) in [7, 11) is 3.22. The maximum atomic E-state index is 11.7. The van der Waals surface area contributed by atoms with Crippen LogP contribution in [0.3, 0.4) is 0 Å². The second kappa shape index (κ2) is 4.42. The number of aromatic nitrogens is 2. The summed E-state index contributed by atoms with van der Waals surface area (Å²) in [6.07, 6.45) is 1.89. The molecule has 2 rings (SSSR count). The van der Waals surface area contributed by atoms with Gasteiger partial charge in [0.25, 0.3) is 0 Å². The van der Waals surface area contributed by atoms with Gasteiger partial charge in [-0.25, -0.2) is 9.78 Å². The van der Waals surface area contributed by atoms with Gasteiger partial charge in [-0.1, -0.05) is 6.07 Å². The van der Waals surface area contributed by atoms with Crippen molar-refractivity contribution in [1.82, 2.24) is 14.7 Å². The van der Waals surface area contributed by atoms with Crippen LogP contribution >= 0.6 is 0 Å². The maximum absolute atomic E-state index is 11.7. The minimum absolute atomic E-state index is 0.337. The van der Waals surface area contributed by atoms with E-state index in [1.165, 1.54) is 7.11 Å². The van der Waals surface area contributed by atoms with Gasteiger partial charge in [0.2, 0.25) is 0 Å². The maximum Gasteiger partial charge on any atom is 0.358 e. The SMILES string of the molecule is CNC(C)(C)c1nc(C(=O)OC)c2ccccn12. The van der Waals surface area contributed by atoms with E-state index in [1.807, 2.05) is 49.7 Å². The Labute approximate surface area is 106 Å². The first-order valence-corrected chi connectivity index (χ1v) is 5.76. The first-order valence-electron chi connectivity index (χ1n) is 5.76. The van der Waals surface area contributed by atoms with Crippen LogP contribution in [0.25, 0.3) is 5.52 Å². The lowest BCUT2D eigenvalue weighted by Gasteiger charge is -2.22. The molecule has 96 valence electrons. The number of ether oxygens (including phenoxy) is 1. The summed E-state index contributed by atoms with van der Waals surface area (Å²) in [5.41, 5.74) is 0.760. The Morgan fingerprint density at radius 2 is 2.17 bits per heavy atom. The largest absolute Gasteiger partial charge is 0.464 e. The molecular weight excluding hydrogens is 230 g/mol. The molecule has 2 heterocycles. The van der Waals surface area contributed by atoms with Crippen molar-refractivity contribution in [2.75, 3.05) is 14.2 Å². The van der Waals surface area contributed by atoms with Crippen molar-refractivity contribution in [3.05, 3.63) is 35.9 Å². The summed E-state index contributed by atoms with van der Waals surface area (Å²) >= 11 is 0. The fourth-order valence-electron chi connectivity index (χ4n) is 1.84. The normalized spacial score (nSPS) is 11.8. The van der Waals surface area contributed by atoms with Gasteiger partial charge in [0.05, 0.1) is 18.2 Å². The van der Waals surface area contributed by atoms with Crippen molar-refractivity contribution in [2.24, 2.45) is 0 Å². The van der Waals surface area contributed by atoms with Crippen molar-refractivity contribution in [3.63, 3.8) is 0 Å². The first kappa shape index (κ1) is 12.6. The van der Waals surface area contributed by atoms with Crippen LogP contribution < -0.4 is 5.32 Å². The van der Waals surface area contributed by atoms with Crippen LogP contribution in [-0.2, 0) is 10.3 Å². The molecule has 0 aliphatic carbocycles. The Morgan fingerprint density at radius 1 is 1.44 bits per heavy atom. The van der Waals surface area contributed by atoms with Gasteiger partial charge in [0.15, 0.2) is 5.69 Å². The molecule has 0 amide bonds. The van der Waals surface area contributed by atoms with Crippen LogP contribution in [0.2, 0.25) is 0 Å². The lowest BCUT2D eigenvalue weighted by Crippen LogP contribution is -2.35. The molecule has 0 fully saturated rings. The molecule has 0 unspecified atom stereocenters. The zero-order valence-electron chi connectivity index (χ0n) is 11.0. The smallest absolute Gasteiger partial charge is 0.358 e. The monoisotopic (exact) mass is 247 g/mol. The minimum Gasteiger partial charge on any atom is -0.464 e. The molecule has 5 heteroatoms. The van der Waals surface area contributed by atoms with E-state index in [1.54, 1.807) is 0 Å². The fourth-order valence-corrected chi connectivity index (χ4v) is 1.84. The molecule has 5 nitrogen and oxygen atoms in total. The second-order valence-corrected chi connectivity index (χ2v) is 4.61. The van der Waals surface area contributed by atoms with Crippen molar-refractivity contribution in [1.29, 1.82) is 0 Å². The topological polar surface area (TPSA) is 55.6 Å². The molecule has 0 saturated heterocycles. The van der Waals surface area contributed by atoms with E-state index in [0.29, 0.717) is 5.69 Å². The van der Waals surface area contributed by atoms with E-state index < -0.39 is 5.97 Å². The molecular formula is C13H17N3O2. The van der Waals surface area contributed by atoms with Crippen LogP contribution in [0.1, 0.15) is 30.2 Å². The quantitative estimate of drug-likeness (QED) is 0.837. The lowest BCUT2D eigenvalue weighted by atomic mass is 10.1. The van der Waals surface area contributed by atoms with Gasteiger partial charge in [-0.15, -0.1) is 0 Å². The van der Waals surface area contributed by atoms with E-state index in [4.69, 9.17) is 4.74 Å². The van der Waals surface area contributed by atoms with Crippen LogP contribution in [0.15, 0.2) is 24.4 Å². The molecule has 0 atom stereocenters. The average Bonchev–Trinajstić information content (AvgIpc) is 2.78. The highest BCUT2D eigenvalue weighted by atomic mass is 16.5. The zero-order valence-corrected chi connectivity index (χ0v) is 11.0. The Hall–Kier alpha value is -1.88. The first-order chi connectivity index (χ1) is 8.51. The number of rotatable bonds is 3. The van der Waals surface area contributed by atoms with Gasteiger partial charge in [-0.3, -0.25) is 0 Å². The Balaban J connectivity index is 2.73. The Kier molecular flexibility index (Phi) is 3.09. The molecule has 0 radical (unpaired) electrons. The number of nitrogens with one attached hydrogen (secondary N) is 1. The summed E-state index contributed by atoms with van der Waals surface area (Å²) in [6, 6.07) is 5.64. The summed E-state index contributed by atoms with van der Waals surface area (Å²) in [4.78, 5) is 16.2. The van der Waals surface area contributed by atoms with Gasteiger partial charge in [-0.05, 0) is 33.0 Å². The highest BCUT2D eigenvalue weighted by Gasteiger charge is 2.27. The number of fused-ring (bicyclic) bond motifs is 1. The molecule has 2 aromatic rings. The molecule has 18 heavy (non-hydrogen) atoms. The Morgan fingerprint density at radius 3 is 2.78 bits per heavy atom. The van der Waals surface area contributed by atoms with Gasteiger partial charge in [0.1, 0.15) is 5.82 Å². The van der Waals surface area contributed by atoms with E-state index in [2.05, 4.69) is 10.3 Å². The van der Waals surface area contributed by atoms with Crippen molar-refractivity contribution >= 4 is 11.5 Å². The van der Waals surface area contributed by atoms with Crippen molar-refractivity contribution in [2.45, 2.75) is 19.4 Å². The number of carbonyl (C=O) groups is 1. The number of esters is 1. The Bertz CT molecular complexity index is 587. The van der Waals surface area contributed by atoms with E-state index >= 15 is 0 Å². The predicted molar refractivity (Wildman–Crippen MR) is 68.6 cm³/mol. The number of hydrogen-bond acceptors (Lipinski definition) is 4. The number of hydrogen-bond donors (Lipinski definition) is 1. The van der Waals surface area contributed by atoms with Crippen LogP contribution in [0.4, 0.5) is 0 Å². The number of methoxy groups -OCH3 is 1. The summed E-state index contributed by atoms with van der Waals surface area (Å²) in [5.74, 6) is 0.359. The second-order valence-electron chi connectivity index (χ2n) is 4.61. The highest BCUT2D eigenvalue weighted by Crippen LogP contribution is 2.22. The highest BCUT2D eigenvalue weighted by molar-refractivity contribution is 5.95. The minimum atomic E-state index is -0.420. The van der Waals surface area contributed by atoms with Crippen LogP contribution in [-0.4, -0.2) is 29.5 Å². The van der Waals surface area contributed by atoms with Crippen LogP contribution in [0, 0.1) is 0 Å². The summed E-state index contributed by atoms with van der Waals surface area (Å²) in [5, 5.41) is 3.18. The molecule has 0 aliphatic heterocycles. The molecule has 0 bridgehead atoms. The predicted octanol–water partition coefficient (Wildman–Crippen LogP) is 1.58. The number of carbonyl (C=O) groups excluding carboxylic acids is 1. The number of pyridine rings is 1. The van der Waals surface area contributed by atoms with E-state index in [-0.39, 0.29) is 5.54 Å². The molecule has 0 aliphatic rings. The average molecular weight is 247 g/mol. The molecule has 1 N–H and O–H groups in total. The van der Waals surface area contributed by atoms with Gasteiger partial charge in [-0.2, -0.15) is 0 Å². The zero-order chi connectivity index (χ0) is 13.3. The van der Waals surface area contributed by atoms with Gasteiger partial charge in [0, 0.05) is 6.20 Å². The van der Waals surface area contributed by atoms with Gasteiger partial charge >= 0.3 is 5.97 Å². The lowest BCUT2D eigenvalue weighted by molar-refractivity contribution is 0.0596. The van der Waals surface area contributed by atoms with E-state index in [0.717, 1.165) is 11.3 Å². The van der Waals surface area contributed by atoms with E-state index in [9.17, 15) is 4.79 Å². The summed E-state index contributed by atoms with van der Waals surface area (Å²) in [6.45, 7) is 4.02. The molecule has 0 saturated carbocycles. The molecule has 0 spiro atoms. The third-order valence-corrected chi connectivity index (χ3v) is 3.11. The van der Waals surface area contributed by atoms with Gasteiger partial charge < -0.3 is 14.5 Å². The third kappa shape index (κ3) is 1.86. The van der Waals surface area contributed by atoms with Crippen molar-refractivity contribution < 1.29 is 9.53 Å². The fraction of sp³-hybridized carbons (Fsp3) is 0.385. The number of nitrogens with zero attached hydrogens (tertiary/aromatic N) is 2. The number of imidazole rings is 1. The standard InChI is InChI=1S/C13H17N3O2/c1-13(2,14-3)12-15-10(11(17)18-4)9-7-5-6-8-16(9)12/h5-8,14H,1-4H3.